The van der Waals surface area contributed by atoms with Gasteiger partial charge >= 0.3 is 0 Å². The quantitative estimate of drug-likeness (QED) is 0.459. The molecule has 0 bridgehead atoms. The summed E-state index contributed by atoms with van der Waals surface area (Å²) in [7, 11) is 1.58. The summed E-state index contributed by atoms with van der Waals surface area (Å²) in [6, 6.07) is 21.2. The van der Waals surface area contributed by atoms with Gasteiger partial charge in [0.25, 0.3) is 5.91 Å². The van der Waals surface area contributed by atoms with Gasteiger partial charge in [0.2, 0.25) is 5.91 Å². The van der Waals surface area contributed by atoms with E-state index in [1.54, 1.807) is 42.3 Å². The van der Waals surface area contributed by atoms with Gasteiger partial charge in [-0.05, 0) is 72.7 Å². The first-order chi connectivity index (χ1) is 16.4. The number of aryl methyl sites for hydroxylation is 1. The normalized spacial score (nSPS) is 15.6. The maximum absolute atomic E-state index is 13.6. The van der Waals surface area contributed by atoms with Crippen LogP contribution >= 0.6 is 23.8 Å². The molecule has 3 aromatic rings. The van der Waals surface area contributed by atoms with E-state index in [0.717, 1.165) is 11.1 Å². The Balaban J connectivity index is 1.62. The molecule has 1 aliphatic rings. The van der Waals surface area contributed by atoms with Crippen LogP contribution in [-0.2, 0) is 16.1 Å². The molecule has 8 heteroatoms. The molecular weight excluding hydrogens is 470 g/mol. The van der Waals surface area contributed by atoms with Crippen LogP contribution in [-0.4, -0.2) is 35.0 Å². The molecule has 1 unspecified atom stereocenters. The summed E-state index contributed by atoms with van der Waals surface area (Å²) < 4.78 is 5.22. The van der Waals surface area contributed by atoms with Gasteiger partial charge in [-0.2, -0.15) is 0 Å². The number of hydrogen-bond acceptors (Lipinski definition) is 4. The molecule has 1 saturated heterocycles. The van der Waals surface area contributed by atoms with Crippen LogP contribution in [0.25, 0.3) is 0 Å². The van der Waals surface area contributed by atoms with E-state index >= 15 is 0 Å². The molecule has 174 valence electrons. The molecule has 0 saturated carbocycles. The van der Waals surface area contributed by atoms with E-state index in [-0.39, 0.29) is 18.2 Å². The van der Waals surface area contributed by atoms with Gasteiger partial charge in [0, 0.05) is 17.3 Å². The summed E-state index contributed by atoms with van der Waals surface area (Å²) >= 11 is 12.1. The number of methoxy groups -OCH3 is 1. The van der Waals surface area contributed by atoms with Gasteiger partial charge in [-0.3, -0.25) is 14.5 Å². The van der Waals surface area contributed by atoms with E-state index in [4.69, 9.17) is 28.6 Å². The van der Waals surface area contributed by atoms with Crippen LogP contribution in [0.5, 0.6) is 5.75 Å². The van der Waals surface area contributed by atoms with Crippen molar-refractivity contribution in [2.24, 2.45) is 0 Å². The molecule has 34 heavy (non-hydrogen) atoms. The second-order valence-corrected chi connectivity index (χ2v) is 8.78. The number of anilines is 2. The smallest absolute Gasteiger partial charge is 0.256 e. The second-order valence-electron chi connectivity index (χ2n) is 8.01. The number of thiocarbonyl (C=S) groups is 1. The first kappa shape index (κ1) is 23.7. The van der Waals surface area contributed by atoms with Crippen molar-refractivity contribution in [2.75, 3.05) is 17.3 Å². The maximum Gasteiger partial charge on any atom is 0.256 e. The van der Waals surface area contributed by atoms with E-state index in [1.165, 1.54) is 4.90 Å². The Morgan fingerprint density at radius 1 is 1.09 bits per heavy atom. The van der Waals surface area contributed by atoms with E-state index in [2.05, 4.69) is 5.32 Å². The predicted octanol–water partition coefficient (Wildman–Crippen LogP) is 5.19. The van der Waals surface area contributed by atoms with Crippen molar-refractivity contribution in [1.82, 2.24) is 4.90 Å². The Morgan fingerprint density at radius 2 is 1.82 bits per heavy atom. The van der Waals surface area contributed by atoms with E-state index in [1.807, 2.05) is 49.4 Å². The van der Waals surface area contributed by atoms with Gasteiger partial charge in [-0.25, -0.2) is 0 Å². The lowest BCUT2D eigenvalue weighted by Crippen LogP contribution is -2.37. The molecule has 0 spiro atoms. The third-order valence-electron chi connectivity index (χ3n) is 5.63. The molecule has 0 radical (unpaired) electrons. The lowest BCUT2D eigenvalue weighted by Gasteiger charge is -2.24. The zero-order valence-electron chi connectivity index (χ0n) is 18.8. The molecule has 3 aromatic carbocycles. The number of carbonyl (C=O) groups excluding carboxylic acids is 2. The number of ether oxygens (including phenoxy) is 1. The Bertz CT molecular complexity index is 1230. The first-order valence-electron chi connectivity index (χ1n) is 10.8. The molecule has 1 fully saturated rings. The van der Waals surface area contributed by atoms with Crippen LogP contribution in [0, 0.1) is 6.92 Å². The summed E-state index contributed by atoms with van der Waals surface area (Å²) in [5, 5.41) is 3.78. The van der Waals surface area contributed by atoms with Gasteiger partial charge in [-0.1, -0.05) is 41.9 Å². The van der Waals surface area contributed by atoms with Gasteiger partial charge in [0.1, 0.15) is 11.8 Å². The predicted molar refractivity (Wildman–Crippen MR) is 138 cm³/mol. The number of carbonyl (C=O) groups is 2. The molecule has 1 heterocycles. The Hall–Kier alpha value is -3.42. The van der Waals surface area contributed by atoms with Crippen LogP contribution in [0.1, 0.15) is 17.5 Å². The topological polar surface area (TPSA) is 61.9 Å². The molecular formula is C26H24ClN3O3S. The van der Waals surface area contributed by atoms with Gasteiger partial charge in [-0.15, -0.1) is 0 Å². The SMILES string of the molecule is COc1ccc(N2C(=O)C(CC(=O)Nc3cccc(C)c3)N(Cc3ccccc3Cl)C2=S)cc1. The highest BCUT2D eigenvalue weighted by atomic mass is 35.5. The minimum atomic E-state index is -0.768. The van der Waals surface area contributed by atoms with Crippen LogP contribution in [0.15, 0.2) is 72.8 Å². The average molecular weight is 494 g/mol. The third kappa shape index (κ3) is 5.05. The number of hydrogen-bond donors (Lipinski definition) is 1. The zero-order valence-corrected chi connectivity index (χ0v) is 20.4. The number of amides is 2. The summed E-state index contributed by atoms with van der Waals surface area (Å²) in [6.07, 6.45) is -0.0516. The van der Waals surface area contributed by atoms with Crippen molar-refractivity contribution >= 4 is 52.1 Å². The third-order valence-corrected chi connectivity index (χ3v) is 6.41. The molecule has 0 aromatic heterocycles. The van der Waals surface area contributed by atoms with Crippen molar-refractivity contribution in [2.45, 2.75) is 25.9 Å². The second kappa shape index (κ2) is 10.2. The number of rotatable bonds is 7. The summed E-state index contributed by atoms with van der Waals surface area (Å²) in [5.41, 5.74) is 3.14. The highest BCUT2D eigenvalue weighted by Gasteiger charge is 2.44. The molecule has 4 rings (SSSR count). The monoisotopic (exact) mass is 493 g/mol. The minimum Gasteiger partial charge on any atom is -0.497 e. The number of nitrogens with one attached hydrogen (secondary N) is 1. The Morgan fingerprint density at radius 3 is 2.50 bits per heavy atom. The average Bonchev–Trinajstić information content (AvgIpc) is 3.04. The minimum absolute atomic E-state index is 0.0516. The molecule has 2 amide bonds. The van der Waals surface area contributed by atoms with E-state index in [0.29, 0.717) is 33.8 Å². The molecule has 1 atom stereocenters. The fourth-order valence-corrected chi connectivity index (χ4v) is 4.49. The largest absolute Gasteiger partial charge is 0.497 e. The Kier molecular flexibility index (Phi) is 7.14. The maximum atomic E-state index is 13.6. The van der Waals surface area contributed by atoms with Crippen molar-refractivity contribution in [1.29, 1.82) is 0 Å². The number of benzene rings is 3. The Labute approximate surface area is 209 Å². The lowest BCUT2D eigenvalue weighted by atomic mass is 10.1. The van der Waals surface area contributed by atoms with E-state index in [9.17, 15) is 9.59 Å². The number of halogens is 1. The van der Waals surface area contributed by atoms with Crippen LogP contribution < -0.4 is 15.0 Å². The highest BCUT2D eigenvalue weighted by molar-refractivity contribution is 7.80. The number of nitrogens with zero attached hydrogens (tertiary/aromatic N) is 2. The van der Waals surface area contributed by atoms with Gasteiger partial charge in [0.05, 0.1) is 19.2 Å². The van der Waals surface area contributed by atoms with Gasteiger partial charge in [0.15, 0.2) is 5.11 Å². The van der Waals surface area contributed by atoms with E-state index < -0.39 is 6.04 Å². The van der Waals surface area contributed by atoms with Crippen molar-refractivity contribution in [3.05, 3.63) is 88.9 Å². The fourth-order valence-electron chi connectivity index (χ4n) is 3.90. The van der Waals surface area contributed by atoms with Crippen molar-refractivity contribution in [3.8, 4) is 5.75 Å². The van der Waals surface area contributed by atoms with Crippen LogP contribution in [0.3, 0.4) is 0 Å². The highest BCUT2D eigenvalue weighted by Crippen LogP contribution is 2.31. The lowest BCUT2D eigenvalue weighted by molar-refractivity contribution is -0.124. The van der Waals surface area contributed by atoms with Crippen molar-refractivity contribution in [3.63, 3.8) is 0 Å². The van der Waals surface area contributed by atoms with Crippen molar-refractivity contribution < 1.29 is 14.3 Å². The molecule has 0 aliphatic carbocycles. The summed E-state index contributed by atoms with van der Waals surface area (Å²) in [6.45, 7) is 2.26. The first-order valence-corrected chi connectivity index (χ1v) is 11.5. The zero-order chi connectivity index (χ0) is 24.2. The molecule has 6 nitrogen and oxygen atoms in total. The van der Waals surface area contributed by atoms with Crippen LogP contribution in [0.2, 0.25) is 5.02 Å². The molecule has 1 aliphatic heterocycles. The molecule has 1 N–H and O–H groups in total. The summed E-state index contributed by atoms with van der Waals surface area (Å²) in [5.74, 6) is 0.137. The summed E-state index contributed by atoms with van der Waals surface area (Å²) in [4.78, 5) is 29.7. The standard InChI is InChI=1S/C26H24ClN3O3S/c1-17-6-5-8-19(14-17)28-24(31)15-23-25(32)30(20-10-12-21(33-2)13-11-20)26(34)29(23)16-18-7-3-4-9-22(18)27/h3-14,23H,15-16H2,1-2H3,(H,28,31). The van der Waals surface area contributed by atoms with Crippen LogP contribution in [0.4, 0.5) is 11.4 Å². The van der Waals surface area contributed by atoms with Gasteiger partial charge < -0.3 is 15.0 Å². The fraction of sp³-hybridized carbons (Fsp3) is 0.192.